The van der Waals surface area contributed by atoms with Crippen LogP contribution in [0.25, 0.3) is 0 Å². The van der Waals surface area contributed by atoms with Gasteiger partial charge in [-0.05, 0) is 12.8 Å². The first-order chi connectivity index (χ1) is 7.81. The normalized spacial score (nSPS) is 18.6. The van der Waals surface area contributed by atoms with Gasteiger partial charge in [0.2, 0.25) is 0 Å². The molecule has 4 nitrogen and oxygen atoms in total. The van der Waals surface area contributed by atoms with Gasteiger partial charge in [-0.1, -0.05) is 37.4 Å². The van der Waals surface area contributed by atoms with Crippen molar-refractivity contribution in [2.75, 3.05) is 0 Å². The minimum absolute atomic E-state index is 0.467. The molecule has 5 heteroatoms. The Morgan fingerprint density at radius 1 is 1.25 bits per heavy atom. The van der Waals surface area contributed by atoms with Gasteiger partial charge in [0.1, 0.15) is 5.82 Å². The monoisotopic (exact) mass is 240 g/mol. The summed E-state index contributed by atoms with van der Waals surface area (Å²) in [5.74, 6) is 0.871. The van der Waals surface area contributed by atoms with Crippen molar-refractivity contribution in [2.24, 2.45) is 12.8 Å². The van der Waals surface area contributed by atoms with E-state index in [1.54, 1.807) is 0 Å². The van der Waals surface area contributed by atoms with E-state index in [-0.39, 0.29) is 0 Å². The Morgan fingerprint density at radius 3 is 2.50 bits per heavy atom. The number of hydrogen-bond acceptors (Lipinski definition) is 4. The van der Waals surface area contributed by atoms with E-state index in [9.17, 15) is 0 Å². The molecule has 1 aromatic heterocycles. The Hall–Kier alpha value is -0.550. The molecule has 0 amide bonds. The van der Waals surface area contributed by atoms with Crippen molar-refractivity contribution in [3.8, 4) is 0 Å². The molecule has 16 heavy (non-hydrogen) atoms. The maximum atomic E-state index is 5.59. The summed E-state index contributed by atoms with van der Waals surface area (Å²) in [4.78, 5) is 0. The Morgan fingerprint density at radius 2 is 1.94 bits per heavy atom. The predicted octanol–water partition coefficient (Wildman–Crippen LogP) is 2.09. The number of nitrogens with two attached hydrogens (primary N) is 1. The van der Waals surface area contributed by atoms with Gasteiger partial charge in [-0.15, -0.1) is 10.2 Å². The molecular weight excluding hydrogens is 220 g/mol. The summed E-state index contributed by atoms with van der Waals surface area (Å²) < 4.78 is 2.02. The zero-order valence-electron chi connectivity index (χ0n) is 9.85. The van der Waals surface area contributed by atoms with Gasteiger partial charge in [0.15, 0.2) is 5.16 Å². The fourth-order valence-electron chi connectivity index (χ4n) is 2.13. The van der Waals surface area contributed by atoms with Crippen LogP contribution >= 0.6 is 11.8 Å². The summed E-state index contributed by atoms with van der Waals surface area (Å²) in [6.07, 6.45) is 8.14. The summed E-state index contributed by atoms with van der Waals surface area (Å²) in [6, 6.07) is 0. The number of thioether (sulfide) groups is 1. The first kappa shape index (κ1) is 11.9. The second-order valence-electron chi connectivity index (χ2n) is 4.39. The van der Waals surface area contributed by atoms with E-state index in [0.717, 1.165) is 16.2 Å². The van der Waals surface area contributed by atoms with E-state index in [1.165, 1.54) is 38.5 Å². The molecule has 2 N–H and O–H groups in total. The maximum absolute atomic E-state index is 5.59. The van der Waals surface area contributed by atoms with Gasteiger partial charge in [-0.25, -0.2) is 0 Å². The highest BCUT2D eigenvalue weighted by Crippen LogP contribution is 2.31. The van der Waals surface area contributed by atoms with Gasteiger partial charge < -0.3 is 10.3 Å². The molecule has 0 bridgehead atoms. The van der Waals surface area contributed by atoms with Crippen molar-refractivity contribution >= 4 is 11.8 Å². The van der Waals surface area contributed by atoms with Crippen LogP contribution in [0.15, 0.2) is 5.16 Å². The lowest BCUT2D eigenvalue weighted by Gasteiger charge is -2.12. The van der Waals surface area contributed by atoms with Gasteiger partial charge in [0.05, 0.1) is 6.54 Å². The molecule has 1 fully saturated rings. The summed E-state index contributed by atoms with van der Waals surface area (Å²) in [5.41, 5.74) is 5.59. The average molecular weight is 240 g/mol. The highest BCUT2D eigenvalue weighted by atomic mass is 32.2. The van der Waals surface area contributed by atoms with Crippen LogP contribution in [0.2, 0.25) is 0 Å². The molecule has 0 unspecified atom stereocenters. The Bertz CT molecular complexity index is 329. The SMILES string of the molecule is Cn1c(CN)nnc1SC1CCCCCC1. The van der Waals surface area contributed by atoms with Crippen LogP contribution < -0.4 is 5.73 Å². The van der Waals surface area contributed by atoms with Gasteiger partial charge in [-0.2, -0.15) is 0 Å². The molecule has 1 aromatic rings. The second-order valence-corrected chi connectivity index (χ2v) is 5.66. The largest absolute Gasteiger partial charge is 0.324 e. The van der Waals surface area contributed by atoms with Crippen molar-refractivity contribution < 1.29 is 0 Å². The zero-order chi connectivity index (χ0) is 11.4. The van der Waals surface area contributed by atoms with Crippen LogP contribution in [0.4, 0.5) is 0 Å². The first-order valence-electron chi connectivity index (χ1n) is 6.06. The van der Waals surface area contributed by atoms with Crippen LogP contribution in [-0.4, -0.2) is 20.0 Å². The van der Waals surface area contributed by atoms with E-state index in [0.29, 0.717) is 6.54 Å². The number of rotatable bonds is 3. The molecule has 1 saturated carbocycles. The Balaban J connectivity index is 1.99. The lowest BCUT2D eigenvalue weighted by Crippen LogP contribution is -2.07. The van der Waals surface area contributed by atoms with Crippen molar-refractivity contribution in [3.63, 3.8) is 0 Å². The van der Waals surface area contributed by atoms with Gasteiger partial charge >= 0.3 is 0 Å². The van der Waals surface area contributed by atoms with Crippen LogP contribution in [-0.2, 0) is 13.6 Å². The van der Waals surface area contributed by atoms with E-state index >= 15 is 0 Å². The standard InChI is InChI=1S/C11H20N4S/c1-15-10(8-12)13-14-11(15)16-9-6-4-2-3-5-7-9/h9H,2-8,12H2,1H3. The number of hydrogen-bond donors (Lipinski definition) is 1. The predicted molar refractivity (Wildman–Crippen MR) is 66.2 cm³/mol. The lowest BCUT2D eigenvalue weighted by atomic mass is 10.2. The fourth-order valence-corrected chi connectivity index (χ4v) is 3.35. The molecule has 1 aliphatic rings. The summed E-state index contributed by atoms with van der Waals surface area (Å²) in [5, 5.41) is 10.0. The molecule has 1 heterocycles. The lowest BCUT2D eigenvalue weighted by molar-refractivity contribution is 0.699. The van der Waals surface area contributed by atoms with Crippen LogP contribution in [0, 0.1) is 0 Å². The van der Waals surface area contributed by atoms with Gasteiger partial charge in [0.25, 0.3) is 0 Å². The highest BCUT2D eigenvalue weighted by molar-refractivity contribution is 7.99. The average Bonchev–Trinajstić information content (AvgIpc) is 2.52. The molecule has 0 atom stereocenters. The Kier molecular flexibility index (Phi) is 4.23. The number of aromatic nitrogens is 3. The first-order valence-corrected chi connectivity index (χ1v) is 6.94. The van der Waals surface area contributed by atoms with Crippen LogP contribution in [0.5, 0.6) is 0 Å². The summed E-state index contributed by atoms with van der Waals surface area (Å²) in [7, 11) is 2.00. The van der Waals surface area contributed by atoms with Gasteiger partial charge in [0, 0.05) is 12.3 Å². The summed E-state index contributed by atoms with van der Waals surface area (Å²) in [6.45, 7) is 0.467. The highest BCUT2D eigenvalue weighted by Gasteiger charge is 2.17. The van der Waals surface area contributed by atoms with Crippen LogP contribution in [0.1, 0.15) is 44.3 Å². The third kappa shape index (κ3) is 2.77. The molecule has 0 aliphatic heterocycles. The quantitative estimate of drug-likeness (QED) is 0.822. The van der Waals surface area contributed by atoms with E-state index < -0.39 is 0 Å². The molecule has 90 valence electrons. The smallest absolute Gasteiger partial charge is 0.191 e. The third-order valence-electron chi connectivity index (χ3n) is 3.18. The molecule has 0 radical (unpaired) electrons. The fraction of sp³-hybridized carbons (Fsp3) is 0.818. The van der Waals surface area contributed by atoms with Crippen molar-refractivity contribution in [1.82, 2.24) is 14.8 Å². The topological polar surface area (TPSA) is 56.7 Å². The molecular formula is C11H20N4S. The molecule has 0 aromatic carbocycles. The van der Waals surface area contributed by atoms with E-state index in [2.05, 4.69) is 10.2 Å². The minimum atomic E-state index is 0.467. The van der Waals surface area contributed by atoms with Crippen molar-refractivity contribution in [2.45, 2.75) is 55.5 Å². The molecule has 0 saturated heterocycles. The van der Waals surface area contributed by atoms with Crippen LogP contribution in [0.3, 0.4) is 0 Å². The second kappa shape index (κ2) is 5.68. The van der Waals surface area contributed by atoms with E-state index in [4.69, 9.17) is 5.73 Å². The van der Waals surface area contributed by atoms with E-state index in [1.807, 2.05) is 23.4 Å². The summed E-state index contributed by atoms with van der Waals surface area (Å²) >= 11 is 1.87. The molecule has 2 rings (SSSR count). The van der Waals surface area contributed by atoms with Crippen molar-refractivity contribution in [1.29, 1.82) is 0 Å². The van der Waals surface area contributed by atoms with Gasteiger partial charge in [-0.3, -0.25) is 0 Å². The molecule has 0 spiro atoms. The third-order valence-corrected chi connectivity index (χ3v) is 4.55. The molecule has 1 aliphatic carbocycles. The minimum Gasteiger partial charge on any atom is -0.324 e. The Labute approximate surface area is 101 Å². The van der Waals surface area contributed by atoms with Crippen molar-refractivity contribution in [3.05, 3.63) is 5.82 Å². The number of nitrogens with zero attached hydrogens (tertiary/aromatic N) is 3. The maximum Gasteiger partial charge on any atom is 0.191 e. The zero-order valence-corrected chi connectivity index (χ0v) is 10.7.